The molecule has 104 valence electrons. The zero-order valence-corrected chi connectivity index (χ0v) is 11.4. The van der Waals surface area contributed by atoms with Crippen molar-refractivity contribution in [3.63, 3.8) is 0 Å². The van der Waals surface area contributed by atoms with Crippen LogP contribution in [0.4, 0.5) is 10.5 Å². The molecule has 0 aliphatic rings. The molecule has 1 heterocycles. The molecule has 0 saturated carbocycles. The Labute approximate surface area is 117 Å². The molecule has 2 aromatic rings. The van der Waals surface area contributed by atoms with Gasteiger partial charge in [0, 0.05) is 6.20 Å². The molecule has 0 aliphatic carbocycles. The van der Waals surface area contributed by atoms with Crippen LogP contribution in [0.25, 0.3) is 0 Å². The van der Waals surface area contributed by atoms with E-state index >= 15 is 0 Å². The predicted octanol–water partition coefficient (Wildman–Crippen LogP) is 3.40. The second-order valence-corrected chi connectivity index (χ2v) is 4.03. The molecule has 0 saturated heterocycles. The molecule has 5 nitrogen and oxygen atoms in total. The van der Waals surface area contributed by atoms with Crippen molar-refractivity contribution >= 4 is 11.8 Å². The SMILES string of the molecule is CCOc1c(NC(=O)Oc2ccccc2)ccnc1C. The van der Waals surface area contributed by atoms with Gasteiger partial charge in [-0.05, 0) is 32.0 Å². The molecule has 0 atom stereocenters. The van der Waals surface area contributed by atoms with Gasteiger partial charge in [-0.15, -0.1) is 0 Å². The van der Waals surface area contributed by atoms with Crippen LogP contribution in [0, 0.1) is 6.92 Å². The second-order valence-electron chi connectivity index (χ2n) is 4.03. The average molecular weight is 272 g/mol. The van der Waals surface area contributed by atoms with Crippen molar-refractivity contribution in [3.05, 3.63) is 48.3 Å². The highest BCUT2D eigenvalue weighted by atomic mass is 16.6. The smallest absolute Gasteiger partial charge is 0.417 e. The Morgan fingerprint density at radius 3 is 2.70 bits per heavy atom. The van der Waals surface area contributed by atoms with Crippen molar-refractivity contribution in [2.24, 2.45) is 0 Å². The van der Waals surface area contributed by atoms with Gasteiger partial charge in [-0.25, -0.2) is 4.79 Å². The number of hydrogen-bond donors (Lipinski definition) is 1. The fourth-order valence-electron chi connectivity index (χ4n) is 1.71. The molecule has 1 amide bonds. The van der Waals surface area contributed by atoms with E-state index < -0.39 is 6.09 Å². The summed E-state index contributed by atoms with van der Waals surface area (Å²) in [5.41, 5.74) is 1.25. The van der Waals surface area contributed by atoms with Gasteiger partial charge in [-0.1, -0.05) is 18.2 Å². The van der Waals surface area contributed by atoms with Crippen molar-refractivity contribution in [1.82, 2.24) is 4.98 Å². The Balaban J connectivity index is 2.10. The van der Waals surface area contributed by atoms with E-state index in [0.717, 1.165) is 0 Å². The average Bonchev–Trinajstić information content (AvgIpc) is 2.44. The Morgan fingerprint density at radius 2 is 2.00 bits per heavy atom. The topological polar surface area (TPSA) is 60.5 Å². The van der Waals surface area contributed by atoms with E-state index in [1.807, 2.05) is 19.9 Å². The molecule has 5 heteroatoms. The molecule has 0 bridgehead atoms. The van der Waals surface area contributed by atoms with Crippen LogP contribution in [-0.2, 0) is 0 Å². The van der Waals surface area contributed by atoms with Crippen LogP contribution in [0.5, 0.6) is 11.5 Å². The highest BCUT2D eigenvalue weighted by Gasteiger charge is 2.12. The summed E-state index contributed by atoms with van der Waals surface area (Å²) in [5, 5.41) is 2.66. The number of aromatic nitrogens is 1. The number of anilines is 1. The molecular formula is C15H16N2O3. The van der Waals surface area contributed by atoms with E-state index in [2.05, 4.69) is 10.3 Å². The van der Waals surface area contributed by atoms with Gasteiger partial charge in [0.2, 0.25) is 0 Å². The Morgan fingerprint density at radius 1 is 1.25 bits per heavy atom. The molecule has 1 N–H and O–H groups in total. The predicted molar refractivity (Wildman–Crippen MR) is 76.2 cm³/mol. The maximum atomic E-state index is 11.8. The third kappa shape index (κ3) is 3.47. The maximum Gasteiger partial charge on any atom is 0.417 e. The molecule has 0 unspecified atom stereocenters. The summed E-state index contributed by atoms with van der Waals surface area (Å²) in [4.78, 5) is 16.0. The normalized spacial score (nSPS) is 9.90. The number of hydrogen-bond acceptors (Lipinski definition) is 4. The largest absolute Gasteiger partial charge is 0.490 e. The van der Waals surface area contributed by atoms with E-state index in [0.29, 0.717) is 29.5 Å². The van der Waals surface area contributed by atoms with Crippen molar-refractivity contribution in [3.8, 4) is 11.5 Å². The number of pyridine rings is 1. The van der Waals surface area contributed by atoms with E-state index in [-0.39, 0.29) is 0 Å². The van der Waals surface area contributed by atoms with Gasteiger partial charge in [-0.3, -0.25) is 10.3 Å². The fourth-order valence-corrected chi connectivity index (χ4v) is 1.71. The zero-order valence-electron chi connectivity index (χ0n) is 11.4. The summed E-state index contributed by atoms with van der Waals surface area (Å²) >= 11 is 0. The number of nitrogens with one attached hydrogen (secondary N) is 1. The molecule has 1 aromatic carbocycles. The molecule has 0 radical (unpaired) electrons. The maximum absolute atomic E-state index is 11.8. The fraction of sp³-hybridized carbons (Fsp3) is 0.200. The van der Waals surface area contributed by atoms with E-state index in [4.69, 9.17) is 9.47 Å². The first-order valence-electron chi connectivity index (χ1n) is 6.33. The highest BCUT2D eigenvalue weighted by molar-refractivity contribution is 5.88. The number of carbonyl (C=O) groups is 1. The van der Waals surface area contributed by atoms with Gasteiger partial charge in [0.1, 0.15) is 5.75 Å². The first-order chi connectivity index (χ1) is 9.70. The van der Waals surface area contributed by atoms with Gasteiger partial charge in [-0.2, -0.15) is 0 Å². The summed E-state index contributed by atoms with van der Waals surface area (Å²) in [6.45, 7) is 4.19. The molecule has 0 spiro atoms. The second kappa shape index (κ2) is 6.56. The molecular weight excluding hydrogens is 256 g/mol. The third-order valence-corrected chi connectivity index (χ3v) is 2.56. The zero-order chi connectivity index (χ0) is 14.4. The highest BCUT2D eigenvalue weighted by Crippen LogP contribution is 2.27. The van der Waals surface area contributed by atoms with Gasteiger partial charge in [0.05, 0.1) is 18.0 Å². The number of aryl methyl sites for hydroxylation is 1. The summed E-state index contributed by atoms with van der Waals surface area (Å²) < 4.78 is 10.7. The number of nitrogens with zero attached hydrogens (tertiary/aromatic N) is 1. The van der Waals surface area contributed by atoms with Crippen LogP contribution >= 0.6 is 0 Å². The Hall–Kier alpha value is -2.56. The lowest BCUT2D eigenvalue weighted by molar-refractivity contribution is 0.215. The summed E-state index contributed by atoms with van der Waals surface area (Å²) in [6.07, 6.45) is 1.04. The number of benzene rings is 1. The minimum Gasteiger partial charge on any atom is -0.490 e. The Kier molecular flexibility index (Phi) is 4.55. The lowest BCUT2D eigenvalue weighted by Gasteiger charge is -2.13. The number of carbonyl (C=O) groups excluding carboxylic acids is 1. The minimum atomic E-state index is -0.567. The van der Waals surface area contributed by atoms with Gasteiger partial charge >= 0.3 is 6.09 Å². The molecule has 1 aromatic heterocycles. The number of amides is 1. The summed E-state index contributed by atoms with van der Waals surface area (Å²) in [6, 6.07) is 10.5. The monoisotopic (exact) mass is 272 g/mol. The van der Waals surface area contributed by atoms with E-state index in [1.165, 1.54) is 0 Å². The van der Waals surface area contributed by atoms with Crippen LogP contribution < -0.4 is 14.8 Å². The van der Waals surface area contributed by atoms with Crippen LogP contribution in [0.15, 0.2) is 42.6 Å². The molecule has 0 aliphatic heterocycles. The lowest BCUT2D eigenvalue weighted by atomic mass is 10.3. The van der Waals surface area contributed by atoms with E-state index in [9.17, 15) is 4.79 Å². The number of ether oxygens (including phenoxy) is 2. The lowest BCUT2D eigenvalue weighted by Crippen LogP contribution is -2.17. The van der Waals surface area contributed by atoms with Crippen LogP contribution in [-0.4, -0.2) is 17.7 Å². The quantitative estimate of drug-likeness (QED) is 0.926. The number of rotatable bonds is 4. The summed E-state index contributed by atoms with van der Waals surface area (Å²) in [5.74, 6) is 1.04. The first kappa shape index (κ1) is 13.9. The first-order valence-corrected chi connectivity index (χ1v) is 6.33. The number of para-hydroxylation sites is 1. The van der Waals surface area contributed by atoms with Crippen molar-refractivity contribution in [1.29, 1.82) is 0 Å². The van der Waals surface area contributed by atoms with Crippen molar-refractivity contribution in [2.75, 3.05) is 11.9 Å². The van der Waals surface area contributed by atoms with Gasteiger partial charge in [0.15, 0.2) is 5.75 Å². The van der Waals surface area contributed by atoms with Crippen LogP contribution in [0.2, 0.25) is 0 Å². The van der Waals surface area contributed by atoms with E-state index in [1.54, 1.807) is 36.5 Å². The minimum absolute atomic E-state index is 0.480. The molecule has 2 rings (SSSR count). The van der Waals surface area contributed by atoms with Crippen LogP contribution in [0.3, 0.4) is 0 Å². The van der Waals surface area contributed by atoms with Gasteiger partial charge in [0.25, 0.3) is 0 Å². The summed E-state index contributed by atoms with van der Waals surface area (Å²) in [7, 11) is 0. The standard InChI is InChI=1S/C15H16N2O3/c1-3-19-14-11(2)16-10-9-13(14)17-15(18)20-12-7-5-4-6-8-12/h4-10H,3H2,1-2H3,(H,16,17,18). The molecule has 20 heavy (non-hydrogen) atoms. The third-order valence-electron chi connectivity index (χ3n) is 2.56. The molecule has 0 fully saturated rings. The van der Waals surface area contributed by atoms with Crippen molar-refractivity contribution < 1.29 is 14.3 Å². The van der Waals surface area contributed by atoms with Gasteiger partial charge < -0.3 is 9.47 Å². The Bertz CT molecular complexity index is 585. The van der Waals surface area contributed by atoms with Crippen LogP contribution in [0.1, 0.15) is 12.6 Å². The van der Waals surface area contributed by atoms with Crippen molar-refractivity contribution in [2.45, 2.75) is 13.8 Å².